The van der Waals surface area contributed by atoms with Crippen molar-refractivity contribution in [3.63, 3.8) is 0 Å². The van der Waals surface area contributed by atoms with E-state index in [-0.39, 0.29) is 18.0 Å². The van der Waals surface area contributed by atoms with Gasteiger partial charge in [-0.1, -0.05) is 6.08 Å². The van der Waals surface area contributed by atoms with Crippen LogP contribution in [0.2, 0.25) is 0 Å². The Labute approximate surface area is 123 Å². The Kier molecular flexibility index (Phi) is 5.34. The zero-order valence-electron chi connectivity index (χ0n) is 11.7. The highest BCUT2D eigenvalue weighted by molar-refractivity contribution is 5.95. The molecular weight excluding hydrogens is 270 g/mol. The van der Waals surface area contributed by atoms with Gasteiger partial charge in [-0.25, -0.2) is 4.79 Å². The predicted octanol–water partition coefficient (Wildman–Crippen LogP) is 2.11. The van der Waals surface area contributed by atoms with Crippen molar-refractivity contribution >= 4 is 23.3 Å². The van der Waals surface area contributed by atoms with Gasteiger partial charge in [0.1, 0.15) is 6.10 Å². The van der Waals surface area contributed by atoms with Crippen molar-refractivity contribution in [2.24, 2.45) is 0 Å². The molecule has 0 saturated carbocycles. The number of nitrogens with one attached hydrogen (secondary N) is 3. The summed E-state index contributed by atoms with van der Waals surface area (Å²) in [6.07, 6.45) is 2.92. The minimum Gasteiger partial charge on any atom is -0.368 e. The number of hydrogen-bond donors (Lipinski definition) is 3. The fourth-order valence-electron chi connectivity index (χ4n) is 1.98. The fourth-order valence-corrected chi connectivity index (χ4v) is 1.98. The van der Waals surface area contributed by atoms with E-state index in [2.05, 4.69) is 22.5 Å². The highest BCUT2D eigenvalue weighted by Crippen LogP contribution is 2.17. The number of hydrogen-bond acceptors (Lipinski definition) is 3. The summed E-state index contributed by atoms with van der Waals surface area (Å²) in [7, 11) is 0. The molecule has 21 heavy (non-hydrogen) atoms. The molecule has 0 aliphatic carbocycles. The molecule has 0 spiro atoms. The zero-order valence-corrected chi connectivity index (χ0v) is 11.7. The second-order valence-electron chi connectivity index (χ2n) is 4.69. The first-order valence-corrected chi connectivity index (χ1v) is 6.87. The Morgan fingerprint density at radius 2 is 1.90 bits per heavy atom. The molecule has 0 radical (unpaired) electrons. The smallest absolute Gasteiger partial charge is 0.319 e. The van der Waals surface area contributed by atoms with Crippen LogP contribution in [0.15, 0.2) is 36.9 Å². The van der Waals surface area contributed by atoms with Gasteiger partial charge in [0.15, 0.2) is 0 Å². The van der Waals surface area contributed by atoms with Crippen molar-refractivity contribution in [2.75, 3.05) is 23.8 Å². The third kappa shape index (κ3) is 4.61. The molecule has 1 aliphatic heterocycles. The van der Waals surface area contributed by atoms with E-state index in [1.807, 2.05) is 0 Å². The molecule has 1 aliphatic rings. The maximum absolute atomic E-state index is 11.9. The number of benzene rings is 1. The van der Waals surface area contributed by atoms with Crippen LogP contribution in [0.25, 0.3) is 0 Å². The van der Waals surface area contributed by atoms with Gasteiger partial charge in [0.2, 0.25) is 0 Å². The molecule has 2 rings (SSSR count). The zero-order chi connectivity index (χ0) is 15.1. The SMILES string of the molecule is C=CCNC(=O)Nc1ccc(NC(=O)C2CCCO2)cc1. The van der Waals surface area contributed by atoms with Crippen LogP contribution in [0.1, 0.15) is 12.8 Å². The molecular formula is C15H19N3O3. The summed E-state index contributed by atoms with van der Waals surface area (Å²) in [5.41, 5.74) is 1.32. The van der Waals surface area contributed by atoms with E-state index in [1.54, 1.807) is 30.3 Å². The van der Waals surface area contributed by atoms with Gasteiger partial charge in [-0.3, -0.25) is 4.79 Å². The van der Waals surface area contributed by atoms with Gasteiger partial charge in [0, 0.05) is 24.5 Å². The lowest BCUT2D eigenvalue weighted by atomic mass is 10.2. The Hall–Kier alpha value is -2.34. The Bertz CT molecular complexity index is 507. The minimum atomic E-state index is -0.354. The van der Waals surface area contributed by atoms with Gasteiger partial charge < -0.3 is 20.7 Å². The molecule has 0 bridgehead atoms. The van der Waals surface area contributed by atoms with Crippen LogP contribution >= 0.6 is 0 Å². The lowest BCUT2D eigenvalue weighted by Crippen LogP contribution is -2.28. The number of rotatable bonds is 5. The topological polar surface area (TPSA) is 79.5 Å². The Balaban J connectivity index is 1.85. The van der Waals surface area contributed by atoms with E-state index < -0.39 is 0 Å². The molecule has 1 heterocycles. The predicted molar refractivity (Wildman–Crippen MR) is 81.3 cm³/mol. The molecule has 6 nitrogen and oxygen atoms in total. The first-order chi connectivity index (χ1) is 10.2. The van der Waals surface area contributed by atoms with Crippen LogP contribution in [-0.4, -0.2) is 31.2 Å². The van der Waals surface area contributed by atoms with Gasteiger partial charge in [-0.2, -0.15) is 0 Å². The third-order valence-corrected chi connectivity index (χ3v) is 3.04. The largest absolute Gasteiger partial charge is 0.368 e. The molecule has 112 valence electrons. The Morgan fingerprint density at radius 3 is 2.48 bits per heavy atom. The van der Waals surface area contributed by atoms with Crippen LogP contribution < -0.4 is 16.0 Å². The summed E-state index contributed by atoms with van der Waals surface area (Å²) >= 11 is 0. The number of anilines is 2. The molecule has 6 heteroatoms. The van der Waals surface area contributed by atoms with E-state index in [9.17, 15) is 9.59 Å². The van der Waals surface area contributed by atoms with Crippen LogP contribution in [-0.2, 0) is 9.53 Å². The van der Waals surface area contributed by atoms with Gasteiger partial charge >= 0.3 is 6.03 Å². The lowest BCUT2D eigenvalue weighted by Gasteiger charge is -2.11. The molecule has 3 N–H and O–H groups in total. The summed E-state index contributed by atoms with van der Waals surface area (Å²) in [6, 6.07) is 6.61. The summed E-state index contributed by atoms with van der Waals surface area (Å²) in [5.74, 6) is -0.128. The van der Waals surface area contributed by atoms with Crippen molar-refractivity contribution in [3.05, 3.63) is 36.9 Å². The normalized spacial score (nSPS) is 17.0. The fraction of sp³-hybridized carbons (Fsp3) is 0.333. The monoisotopic (exact) mass is 289 g/mol. The lowest BCUT2D eigenvalue weighted by molar-refractivity contribution is -0.124. The number of carbonyl (C=O) groups is 2. The van der Waals surface area contributed by atoms with Gasteiger partial charge in [-0.05, 0) is 37.1 Å². The second kappa shape index (κ2) is 7.44. The minimum absolute atomic E-state index is 0.128. The van der Waals surface area contributed by atoms with Gasteiger partial charge in [0.25, 0.3) is 5.91 Å². The molecule has 1 saturated heterocycles. The van der Waals surface area contributed by atoms with E-state index in [0.717, 1.165) is 12.8 Å². The molecule has 1 aromatic rings. The van der Waals surface area contributed by atoms with Gasteiger partial charge in [-0.15, -0.1) is 6.58 Å². The summed E-state index contributed by atoms with van der Waals surface area (Å²) < 4.78 is 5.32. The van der Waals surface area contributed by atoms with E-state index in [0.29, 0.717) is 24.5 Å². The quantitative estimate of drug-likeness (QED) is 0.726. The molecule has 0 aromatic heterocycles. The highest BCUT2D eigenvalue weighted by atomic mass is 16.5. The van der Waals surface area contributed by atoms with Gasteiger partial charge in [0.05, 0.1) is 0 Å². The maximum Gasteiger partial charge on any atom is 0.319 e. The Morgan fingerprint density at radius 1 is 1.24 bits per heavy atom. The molecule has 1 atom stereocenters. The van der Waals surface area contributed by atoms with Crippen LogP contribution in [0.5, 0.6) is 0 Å². The number of urea groups is 1. The first-order valence-electron chi connectivity index (χ1n) is 6.87. The number of ether oxygens (including phenoxy) is 1. The summed E-state index contributed by atoms with van der Waals surface area (Å²) in [6.45, 7) is 4.56. The molecule has 3 amide bonds. The molecule has 1 unspecified atom stereocenters. The van der Waals surface area contributed by atoms with Crippen molar-refractivity contribution in [1.29, 1.82) is 0 Å². The maximum atomic E-state index is 11.9. The van der Waals surface area contributed by atoms with E-state index in [4.69, 9.17) is 4.74 Å². The number of carbonyl (C=O) groups excluding carboxylic acids is 2. The van der Waals surface area contributed by atoms with E-state index in [1.165, 1.54) is 0 Å². The van der Waals surface area contributed by atoms with Crippen molar-refractivity contribution in [2.45, 2.75) is 18.9 Å². The average Bonchev–Trinajstić information content (AvgIpc) is 3.01. The molecule has 1 fully saturated rings. The average molecular weight is 289 g/mol. The van der Waals surface area contributed by atoms with Crippen LogP contribution in [0.3, 0.4) is 0 Å². The van der Waals surface area contributed by atoms with Crippen molar-refractivity contribution in [3.8, 4) is 0 Å². The summed E-state index contributed by atoms with van der Waals surface area (Å²) in [5, 5.41) is 8.08. The highest BCUT2D eigenvalue weighted by Gasteiger charge is 2.23. The standard InChI is InChI=1S/C15H19N3O3/c1-2-9-16-15(20)18-12-7-5-11(6-8-12)17-14(19)13-4-3-10-21-13/h2,5-8,13H,1,3-4,9-10H2,(H,17,19)(H2,16,18,20). The molecule has 1 aromatic carbocycles. The van der Waals surface area contributed by atoms with E-state index >= 15 is 0 Å². The summed E-state index contributed by atoms with van der Waals surface area (Å²) in [4.78, 5) is 23.3. The van der Waals surface area contributed by atoms with Crippen LogP contribution in [0.4, 0.5) is 16.2 Å². The number of amides is 3. The van der Waals surface area contributed by atoms with Crippen molar-refractivity contribution < 1.29 is 14.3 Å². The first kappa shape index (κ1) is 15.1. The second-order valence-corrected chi connectivity index (χ2v) is 4.69. The van der Waals surface area contributed by atoms with Crippen LogP contribution in [0, 0.1) is 0 Å². The third-order valence-electron chi connectivity index (χ3n) is 3.04. The van der Waals surface area contributed by atoms with Crippen molar-refractivity contribution in [1.82, 2.24) is 5.32 Å².